The lowest BCUT2D eigenvalue weighted by molar-refractivity contribution is 0.102. The van der Waals surface area contributed by atoms with E-state index in [0.717, 1.165) is 22.2 Å². The predicted octanol–water partition coefficient (Wildman–Crippen LogP) is 4.33. The van der Waals surface area contributed by atoms with Crippen LogP contribution in [-0.2, 0) is 4.74 Å². The first kappa shape index (κ1) is 20.1. The van der Waals surface area contributed by atoms with E-state index in [-0.39, 0.29) is 5.91 Å². The number of carbonyl (C=O) groups excluding carboxylic acids is 1. The molecule has 0 unspecified atom stereocenters. The molecule has 2 aromatic carbocycles. The molecule has 0 aliphatic carbocycles. The summed E-state index contributed by atoms with van der Waals surface area (Å²) in [4.78, 5) is 23.5. The Bertz CT molecular complexity index is 1260. The number of aromatic amines is 1. The summed E-state index contributed by atoms with van der Waals surface area (Å²) in [5, 5.41) is 4.09. The fourth-order valence-electron chi connectivity index (χ4n) is 3.91. The van der Waals surface area contributed by atoms with Gasteiger partial charge in [-0.25, -0.2) is 4.98 Å². The molecule has 1 aliphatic heterocycles. The number of rotatable bonds is 5. The van der Waals surface area contributed by atoms with Gasteiger partial charge in [-0.3, -0.25) is 4.79 Å². The monoisotopic (exact) mass is 428 g/mol. The van der Waals surface area contributed by atoms with E-state index in [0.29, 0.717) is 49.1 Å². The van der Waals surface area contributed by atoms with Crippen LogP contribution in [0.2, 0.25) is 0 Å². The molecule has 32 heavy (non-hydrogen) atoms. The lowest BCUT2D eigenvalue weighted by Crippen LogP contribution is -2.38. The van der Waals surface area contributed by atoms with E-state index in [9.17, 15) is 4.79 Å². The predicted molar refractivity (Wildman–Crippen MR) is 126 cm³/mol. The van der Waals surface area contributed by atoms with Gasteiger partial charge in [-0.2, -0.15) is 0 Å². The van der Waals surface area contributed by atoms with E-state index >= 15 is 0 Å². The number of H-pyrrole nitrogens is 1. The van der Waals surface area contributed by atoms with Crippen LogP contribution in [0.25, 0.3) is 22.2 Å². The molecular formula is C25H24N4O3. The zero-order valence-corrected chi connectivity index (χ0v) is 17.8. The number of hydrogen-bond donors (Lipinski definition) is 2. The van der Waals surface area contributed by atoms with Crippen LogP contribution in [0, 0.1) is 0 Å². The second-order valence-electron chi connectivity index (χ2n) is 7.63. The SMILES string of the molecule is COc1cccc(NC(=O)c2ccc(-c3ccc4[nH]ccc4c3)nc2N2CCOCC2)c1. The second kappa shape index (κ2) is 8.72. The Morgan fingerprint density at radius 2 is 1.97 bits per heavy atom. The normalized spacial score (nSPS) is 13.8. The van der Waals surface area contributed by atoms with Crippen molar-refractivity contribution in [2.45, 2.75) is 0 Å². The van der Waals surface area contributed by atoms with Gasteiger partial charge >= 0.3 is 0 Å². The van der Waals surface area contributed by atoms with Crippen LogP contribution >= 0.6 is 0 Å². The molecule has 7 nitrogen and oxygen atoms in total. The highest BCUT2D eigenvalue weighted by Crippen LogP contribution is 2.28. The van der Waals surface area contributed by atoms with E-state index in [4.69, 9.17) is 14.5 Å². The van der Waals surface area contributed by atoms with E-state index in [1.807, 2.05) is 54.7 Å². The molecule has 3 heterocycles. The van der Waals surface area contributed by atoms with Crippen LogP contribution in [0.15, 0.2) is 66.9 Å². The number of carbonyl (C=O) groups is 1. The van der Waals surface area contributed by atoms with Crippen LogP contribution in [0.4, 0.5) is 11.5 Å². The Kier molecular flexibility index (Phi) is 5.47. The minimum absolute atomic E-state index is 0.208. The van der Waals surface area contributed by atoms with Gasteiger partial charge in [0.2, 0.25) is 0 Å². The van der Waals surface area contributed by atoms with Crippen LogP contribution < -0.4 is 15.0 Å². The minimum Gasteiger partial charge on any atom is -0.497 e. The number of amides is 1. The summed E-state index contributed by atoms with van der Waals surface area (Å²) in [6.07, 6.45) is 1.92. The molecule has 1 fully saturated rings. The van der Waals surface area contributed by atoms with Crippen LogP contribution in [0.1, 0.15) is 10.4 Å². The first-order valence-corrected chi connectivity index (χ1v) is 10.6. The van der Waals surface area contributed by atoms with Crippen molar-refractivity contribution in [3.63, 3.8) is 0 Å². The van der Waals surface area contributed by atoms with Gasteiger partial charge in [0.15, 0.2) is 0 Å². The molecule has 7 heteroatoms. The number of morpholine rings is 1. The van der Waals surface area contributed by atoms with Crippen LogP contribution in [-0.4, -0.2) is 49.3 Å². The highest BCUT2D eigenvalue weighted by Gasteiger charge is 2.22. The number of ether oxygens (including phenoxy) is 2. The maximum Gasteiger partial charge on any atom is 0.259 e. The zero-order valence-electron chi connectivity index (χ0n) is 17.8. The fraction of sp³-hybridized carbons (Fsp3) is 0.200. The van der Waals surface area contributed by atoms with Gasteiger partial charge in [0, 0.05) is 47.5 Å². The number of benzene rings is 2. The molecule has 1 aliphatic rings. The first-order chi connectivity index (χ1) is 15.7. The molecule has 0 atom stereocenters. The van der Waals surface area contributed by atoms with E-state index in [1.54, 1.807) is 13.2 Å². The summed E-state index contributed by atoms with van der Waals surface area (Å²) in [5.74, 6) is 1.14. The van der Waals surface area contributed by atoms with E-state index < -0.39 is 0 Å². The fourth-order valence-corrected chi connectivity index (χ4v) is 3.91. The highest BCUT2D eigenvalue weighted by atomic mass is 16.5. The molecule has 1 saturated heterocycles. The third kappa shape index (κ3) is 4.02. The number of pyridine rings is 1. The van der Waals surface area contributed by atoms with Gasteiger partial charge in [0.05, 0.1) is 31.6 Å². The summed E-state index contributed by atoms with van der Waals surface area (Å²) >= 11 is 0. The van der Waals surface area contributed by atoms with Crippen molar-refractivity contribution < 1.29 is 14.3 Å². The summed E-state index contributed by atoms with van der Waals surface area (Å²) in [5.41, 5.74) is 4.11. The number of nitrogens with zero attached hydrogens (tertiary/aromatic N) is 2. The van der Waals surface area contributed by atoms with Crippen molar-refractivity contribution in [2.75, 3.05) is 43.6 Å². The Morgan fingerprint density at radius 3 is 2.81 bits per heavy atom. The number of hydrogen-bond acceptors (Lipinski definition) is 5. The average molecular weight is 428 g/mol. The minimum atomic E-state index is -0.208. The average Bonchev–Trinajstić information content (AvgIpc) is 3.32. The van der Waals surface area contributed by atoms with Gasteiger partial charge in [-0.1, -0.05) is 12.1 Å². The smallest absolute Gasteiger partial charge is 0.259 e. The summed E-state index contributed by atoms with van der Waals surface area (Å²) in [6, 6.07) is 19.3. The number of anilines is 2. The van der Waals surface area contributed by atoms with Gasteiger partial charge < -0.3 is 24.7 Å². The van der Waals surface area contributed by atoms with Crippen molar-refractivity contribution in [3.05, 3.63) is 72.4 Å². The van der Waals surface area contributed by atoms with Crippen molar-refractivity contribution in [2.24, 2.45) is 0 Å². The maximum atomic E-state index is 13.2. The van der Waals surface area contributed by atoms with Gasteiger partial charge in [0.1, 0.15) is 11.6 Å². The van der Waals surface area contributed by atoms with Crippen LogP contribution in [0.3, 0.4) is 0 Å². The number of fused-ring (bicyclic) bond motifs is 1. The van der Waals surface area contributed by atoms with Gasteiger partial charge in [-0.05, 0) is 42.5 Å². The summed E-state index contributed by atoms with van der Waals surface area (Å²) < 4.78 is 10.8. The largest absolute Gasteiger partial charge is 0.497 e. The molecule has 2 N–H and O–H groups in total. The lowest BCUT2D eigenvalue weighted by atomic mass is 10.1. The summed E-state index contributed by atoms with van der Waals surface area (Å²) in [7, 11) is 1.60. The third-order valence-corrected chi connectivity index (χ3v) is 5.61. The molecule has 0 saturated carbocycles. The molecule has 162 valence electrons. The van der Waals surface area contributed by atoms with Crippen LogP contribution in [0.5, 0.6) is 5.75 Å². The quantitative estimate of drug-likeness (QED) is 0.495. The second-order valence-corrected chi connectivity index (χ2v) is 7.63. The molecular weight excluding hydrogens is 404 g/mol. The molecule has 0 spiro atoms. The summed E-state index contributed by atoms with van der Waals surface area (Å²) in [6.45, 7) is 2.59. The molecule has 2 aromatic heterocycles. The van der Waals surface area contributed by atoms with E-state index in [1.165, 1.54) is 0 Å². The molecule has 4 aromatic rings. The Hall–Kier alpha value is -3.84. The standard InChI is InChI=1S/C25H24N4O3/c1-31-20-4-2-3-19(16-20)27-25(30)21-6-8-23(28-24(21)29-11-13-32-14-12-29)17-5-7-22-18(15-17)9-10-26-22/h2-10,15-16,26H,11-14H2,1H3,(H,27,30). The lowest BCUT2D eigenvalue weighted by Gasteiger charge is -2.29. The van der Waals surface area contributed by atoms with Crippen molar-refractivity contribution in [1.82, 2.24) is 9.97 Å². The number of nitrogens with one attached hydrogen (secondary N) is 2. The van der Waals surface area contributed by atoms with Crippen molar-refractivity contribution in [3.8, 4) is 17.0 Å². The number of methoxy groups -OCH3 is 1. The molecule has 1 amide bonds. The van der Waals surface area contributed by atoms with Crippen molar-refractivity contribution in [1.29, 1.82) is 0 Å². The molecule has 0 bridgehead atoms. The molecule has 5 rings (SSSR count). The molecule has 0 radical (unpaired) electrons. The highest BCUT2D eigenvalue weighted by molar-refractivity contribution is 6.08. The number of aromatic nitrogens is 2. The van der Waals surface area contributed by atoms with Gasteiger partial charge in [-0.15, -0.1) is 0 Å². The zero-order chi connectivity index (χ0) is 21.9. The Labute approximate surface area is 186 Å². The maximum absolute atomic E-state index is 13.2. The topological polar surface area (TPSA) is 79.5 Å². The first-order valence-electron chi connectivity index (χ1n) is 10.6. The van der Waals surface area contributed by atoms with Gasteiger partial charge in [0.25, 0.3) is 5.91 Å². The van der Waals surface area contributed by atoms with E-state index in [2.05, 4.69) is 21.3 Å². The Morgan fingerprint density at radius 1 is 1.09 bits per heavy atom. The third-order valence-electron chi connectivity index (χ3n) is 5.61. The van der Waals surface area contributed by atoms with Crippen molar-refractivity contribution >= 4 is 28.3 Å². The Balaban J connectivity index is 1.51.